The summed E-state index contributed by atoms with van der Waals surface area (Å²) in [6, 6.07) is 10.7. The fourth-order valence-corrected chi connectivity index (χ4v) is 2.65. The quantitative estimate of drug-likeness (QED) is 0.745. The van der Waals surface area contributed by atoms with Gasteiger partial charge in [-0.15, -0.1) is 0 Å². The number of rotatable bonds is 4. The van der Waals surface area contributed by atoms with Crippen molar-refractivity contribution < 1.29 is 0 Å². The Morgan fingerprint density at radius 2 is 1.95 bits per heavy atom. The van der Waals surface area contributed by atoms with Gasteiger partial charge in [-0.3, -0.25) is 0 Å². The van der Waals surface area contributed by atoms with E-state index >= 15 is 0 Å². The van der Waals surface area contributed by atoms with E-state index in [1.165, 1.54) is 18.4 Å². The monoisotopic (exact) mass is 279 g/mol. The summed E-state index contributed by atoms with van der Waals surface area (Å²) in [6.45, 7) is 0.850. The maximum atomic E-state index is 5.76. The standard InChI is InChI=1S/C16H17N5/c17-13-3-1-12(2-4-13)11-20(14-5-6-14)16-15-7-8-19-21(15)10-9-18-16/h1-4,7-10,14H,5-6,11,17H2. The Balaban J connectivity index is 1.71. The third-order valence-electron chi connectivity index (χ3n) is 3.90. The van der Waals surface area contributed by atoms with Gasteiger partial charge in [0.1, 0.15) is 5.52 Å². The van der Waals surface area contributed by atoms with Crippen LogP contribution in [0.25, 0.3) is 5.52 Å². The second-order valence-corrected chi connectivity index (χ2v) is 5.51. The van der Waals surface area contributed by atoms with Crippen molar-refractivity contribution in [3.8, 4) is 0 Å². The molecule has 0 spiro atoms. The predicted molar refractivity (Wildman–Crippen MR) is 83.0 cm³/mol. The molecule has 0 unspecified atom stereocenters. The summed E-state index contributed by atoms with van der Waals surface area (Å²) in [5.74, 6) is 1.01. The molecule has 5 heteroatoms. The molecule has 2 N–H and O–H groups in total. The van der Waals surface area contributed by atoms with Crippen molar-refractivity contribution in [2.45, 2.75) is 25.4 Å². The van der Waals surface area contributed by atoms with Crippen LogP contribution in [0, 0.1) is 0 Å². The average Bonchev–Trinajstić information content (AvgIpc) is 3.23. The Morgan fingerprint density at radius 1 is 1.14 bits per heavy atom. The van der Waals surface area contributed by atoms with Gasteiger partial charge >= 0.3 is 0 Å². The van der Waals surface area contributed by atoms with Crippen LogP contribution < -0.4 is 10.6 Å². The lowest BCUT2D eigenvalue weighted by Crippen LogP contribution is -2.26. The molecule has 4 rings (SSSR count). The lowest BCUT2D eigenvalue weighted by molar-refractivity contribution is 0.775. The minimum atomic E-state index is 0.580. The third-order valence-corrected chi connectivity index (χ3v) is 3.90. The summed E-state index contributed by atoms with van der Waals surface area (Å²) >= 11 is 0. The lowest BCUT2D eigenvalue weighted by atomic mass is 10.2. The normalized spacial score (nSPS) is 14.5. The van der Waals surface area contributed by atoms with Gasteiger partial charge in [0.15, 0.2) is 5.82 Å². The molecule has 0 aliphatic heterocycles. The summed E-state index contributed by atoms with van der Waals surface area (Å²) in [6.07, 6.45) is 7.97. The predicted octanol–water partition coefficient (Wildman–Crippen LogP) is 2.48. The van der Waals surface area contributed by atoms with Gasteiger partial charge in [0.25, 0.3) is 0 Å². The fourth-order valence-electron chi connectivity index (χ4n) is 2.65. The number of hydrogen-bond donors (Lipinski definition) is 1. The minimum absolute atomic E-state index is 0.580. The maximum absolute atomic E-state index is 5.76. The van der Waals surface area contributed by atoms with Crippen molar-refractivity contribution >= 4 is 17.0 Å². The molecular weight excluding hydrogens is 262 g/mol. The van der Waals surface area contributed by atoms with Crippen LogP contribution in [0.1, 0.15) is 18.4 Å². The van der Waals surface area contributed by atoms with Crippen molar-refractivity contribution in [2.75, 3.05) is 10.6 Å². The van der Waals surface area contributed by atoms with E-state index in [2.05, 4.69) is 27.1 Å². The van der Waals surface area contributed by atoms with Gasteiger partial charge in [-0.25, -0.2) is 9.50 Å². The van der Waals surface area contributed by atoms with E-state index in [9.17, 15) is 0 Å². The topological polar surface area (TPSA) is 59.5 Å². The molecule has 1 aromatic carbocycles. The van der Waals surface area contributed by atoms with Crippen LogP contribution in [0.5, 0.6) is 0 Å². The number of nitrogens with zero attached hydrogens (tertiary/aromatic N) is 4. The zero-order chi connectivity index (χ0) is 14.2. The van der Waals surface area contributed by atoms with Gasteiger partial charge in [0.05, 0.1) is 6.20 Å². The number of nitrogens with two attached hydrogens (primary N) is 1. The molecule has 0 amide bonds. The molecule has 2 heterocycles. The summed E-state index contributed by atoms with van der Waals surface area (Å²) < 4.78 is 1.88. The van der Waals surface area contributed by atoms with Crippen LogP contribution in [0.3, 0.4) is 0 Å². The second-order valence-electron chi connectivity index (χ2n) is 5.51. The SMILES string of the molecule is Nc1ccc(CN(c2nccn3nccc23)C2CC2)cc1. The molecule has 1 aliphatic rings. The van der Waals surface area contributed by atoms with E-state index in [4.69, 9.17) is 5.73 Å². The number of benzene rings is 1. The van der Waals surface area contributed by atoms with E-state index in [-0.39, 0.29) is 0 Å². The Labute approximate surface area is 123 Å². The first-order valence-corrected chi connectivity index (χ1v) is 7.21. The highest BCUT2D eigenvalue weighted by molar-refractivity contribution is 5.69. The Morgan fingerprint density at radius 3 is 2.71 bits per heavy atom. The maximum Gasteiger partial charge on any atom is 0.155 e. The summed E-state index contributed by atoms with van der Waals surface area (Å²) in [5.41, 5.74) is 8.87. The molecule has 1 aliphatic carbocycles. The Hall–Kier alpha value is -2.56. The Bertz CT molecular complexity index is 758. The van der Waals surface area contributed by atoms with Crippen molar-refractivity contribution in [3.05, 3.63) is 54.5 Å². The van der Waals surface area contributed by atoms with Crippen LogP contribution in [0.15, 0.2) is 48.9 Å². The van der Waals surface area contributed by atoms with Crippen molar-refractivity contribution in [2.24, 2.45) is 0 Å². The average molecular weight is 279 g/mol. The number of nitrogen functional groups attached to an aromatic ring is 1. The largest absolute Gasteiger partial charge is 0.399 e. The third kappa shape index (κ3) is 2.31. The molecule has 1 fully saturated rings. The zero-order valence-electron chi connectivity index (χ0n) is 11.7. The molecule has 0 radical (unpaired) electrons. The van der Waals surface area contributed by atoms with E-state index < -0.39 is 0 Å². The van der Waals surface area contributed by atoms with Gasteiger partial charge in [0.2, 0.25) is 0 Å². The van der Waals surface area contributed by atoms with E-state index in [1.807, 2.05) is 41.3 Å². The zero-order valence-corrected chi connectivity index (χ0v) is 11.7. The van der Waals surface area contributed by atoms with Gasteiger partial charge in [-0.05, 0) is 36.6 Å². The van der Waals surface area contributed by atoms with Crippen LogP contribution >= 0.6 is 0 Å². The van der Waals surface area contributed by atoms with Crippen LogP contribution in [-0.2, 0) is 6.54 Å². The highest BCUT2D eigenvalue weighted by Gasteiger charge is 2.31. The molecular formula is C16H17N5. The van der Waals surface area contributed by atoms with Gasteiger partial charge in [-0.1, -0.05) is 12.1 Å². The highest BCUT2D eigenvalue weighted by atomic mass is 15.3. The molecule has 2 aromatic heterocycles. The second kappa shape index (κ2) is 4.77. The number of anilines is 2. The van der Waals surface area contributed by atoms with Crippen molar-refractivity contribution in [1.82, 2.24) is 14.6 Å². The molecule has 0 atom stereocenters. The van der Waals surface area contributed by atoms with Crippen LogP contribution in [0.4, 0.5) is 11.5 Å². The first-order chi connectivity index (χ1) is 10.3. The first-order valence-electron chi connectivity index (χ1n) is 7.21. The molecule has 0 bridgehead atoms. The molecule has 5 nitrogen and oxygen atoms in total. The molecule has 21 heavy (non-hydrogen) atoms. The lowest BCUT2D eigenvalue weighted by Gasteiger charge is -2.24. The first kappa shape index (κ1) is 12.2. The van der Waals surface area contributed by atoms with Crippen molar-refractivity contribution in [1.29, 1.82) is 0 Å². The number of aromatic nitrogens is 3. The van der Waals surface area contributed by atoms with Gasteiger partial charge in [-0.2, -0.15) is 5.10 Å². The molecule has 0 saturated heterocycles. The number of hydrogen-bond acceptors (Lipinski definition) is 4. The summed E-state index contributed by atoms with van der Waals surface area (Å²) in [5, 5.41) is 4.29. The molecule has 1 saturated carbocycles. The van der Waals surface area contributed by atoms with E-state index in [0.717, 1.165) is 23.6 Å². The van der Waals surface area contributed by atoms with Gasteiger partial charge in [0, 0.05) is 30.7 Å². The highest BCUT2D eigenvalue weighted by Crippen LogP contribution is 2.34. The van der Waals surface area contributed by atoms with E-state index in [1.54, 1.807) is 0 Å². The fraction of sp³-hybridized carbons (Fsp3) is 0.250. The van der Waals surface area contributed by atoms with E-state index in [0.29, 0.717) is 6.04 Å². The van der Waals surface area contributed by atoms with Crippen molar-refractivity contribution in [3.63, 3.8) is 0 Å². The molecule has 106 valence electrons. The van der Waals surface area contributed by atoms with Crippen LogP contribution in [-0.4, -0.2) is 20.6 Å². The number of fused-ring (bicyclic) bond motifs is 1. The Kier molecular flexibility index (Phi) is 2.77. The summed E-state index contributed by atoms with van der Waals surface area (Å²) in [7, 11) is 0. The smallest absolute Gasteiger partial charge is 0.155 e. The molecule has 3 aromatic rings. The van der Waals surface area contributed by atoms with Gasteiger partial charge < -0.3 is 10.6 Å². The summed E-state index contributed by atoms with van der Waals surface area (Å²) in [4.78, 5) is 6.97. The van der Waals surface area contributed by atoms with Crippen LogP contribution in [0.2, 0.25) is 0 Å². The minimum Gasteiger partial charge on any atom is -0.399 e.